The van der Waals surface area contributed by atoms with Crippen molar-refractivity contribution in [2.75, 3.05) is 39.1 Å². The molecule has 7 heteroatoms. The van der Waals surface area contributed by atoms with E-state index in [9.17, 15) is 8.42 Å². The van der Waals surface area contributed by atoms with E-state index in [0.717, 1.165) is 32.5 Å². The molecule has 0 unspecified atom stereocenters. The predicted octanol–water partition coefficient (Wildman–Crippen LogP) is 1.37. The van der Waals surface area contributed by atoms with Crippen LogP contribution >= 0.6 is 11.3 Å². The summed E-state index contributed by atoms with van der Waals surface area (Å²) in [5.41, 5.74) is -0.322. The van der Waals surface area contributed by atoms with E-state index < -0.39 is 10.0 Å². The van der Waals surface area contributed by atoms with Crippen LogP contribution in [-0.2, 0) is 21.3 Å². The highest BCUT2D eigenvalue weighted by Crippen LogP contribution is 2.34. The number of likely N-dealkylation sites (tertiary alicyclic amines) is 1. The molecular formula is C14H22N2O3S2. The smallest absolute Gasteiger partial charge is 0.211 e. The number of nitrogens with zero attached hydrogens (tertiary/aromatic N) is 2. The Morgan fingerprint density at radius 1 is 1.33 bits per heavy atom. The van der Waals surface area contributed by atoms with E-state index in [1.54, 1.807) is 15.6 Å². The van der Waals surface area contributed by atoms with Crippen molar-refractivity contribution in [1.29, 1.82) is 0 Å². The van der Waals surface area contributed by atoms with Gasteiger partial charge in [0.15, 0.2) is 0 Å². The van der Waals surface area contributed by atoms with Crippen molar-refractivity contribution < 1.29 is 13.2 Å². The molecule has 0 amide bonds. The van der Waals surface area contributed by atoms with Crippen molar-refractivity contribution in [2.45, 2.75) is 24.9 Å². The lowest BCUT2D eigenvalue weighted by Gasteiger charge is -2.49. The third kappa shape index (κ3) is 3.32. The molecule has 1 aromatic heterocycles. The Kier molecular flexibility index (Phi) is 4.38. The first-order valence-corrected chi connectivity index (χ1v) is 10.0. The van der Waals surface area contributed by atoms with Crippen molar-refractivity contribution in [3.05, 3.63) is 22.4 Å². The molecule has 2 aliphatic heterocycles. The van der Waals surface area contributed by atoms with Gasteiger partial charge in [0.1, 0.15) is 0 Å². The van der Waals surface area contributed by atoms with Crippen LogP contribution in [0.4, 0.5) is 0 Å². The minimum atomic E-state index is -3.16. The predicted molar refractivity (Wildman–Crippen MR) is 83.9 cm³/mol. The monoisotopic (exact) mass is 330 g/mol. The first-order chi connectivity index (χ1) is 10.00. The van der Waals surface area contributed by atoms with Crippen LogP contribution in [0.5, 0.6) is 0 Å². The molecule has 0 atom stereocenters. The number of thiophene rings is 1. The Balaban J connectivity index is 1.67. The highest BCUT2D eigenvalue weighted by molar-refractivity contribution is 7.88. The van der Waals surface area contributed by atoms with Gasteiger partial charge in [-0.3, -0.25) is 4.90 Å². The van der Waals surface area contributed by atoms with Crippen LogP contribution in [0.25, 0.3) is 0 Å². The van der Waals surface area contributed by atoms with E-state index in [4.69, 9.17) is 4.74 Å². The summed E-state index contributed by atoms with van der Waals surface area (Å²) < 4.78 is 31.4. The Hall–Kier alpha value is -0.470. The van der Waals surface area contributed by atoms with E-state index in [1.165, 1.54) is 11.1 Å². The average Bonchev–Trinajstić information content (AvgIpc) is 2.94. The van der Waals surface area contributed by atoms with Gasteiger partial charge in [-0.25, -0.2) is 8.42 Å². The minimum absolute atomic E-state index is 0.322. The molecule has 1 spiro atoms. The topological polar surface area (TPSA) is 49.9 Å². The van der Waals surface area contributed by atoms with Crippen LogP contribution < -0.4 is 0 Å². The highest BCUT2D eigenvalue weighted by Gasteiger charge is 2.46. The minimum Gasteiger partial charge on any atom is -0.378 e. The van der Waals surface area contributed by atoms with Crippen LogP contribution in [0.2, 0.25) is 0 Å². The van der Waals surface area contributed by atoms with Gasteiger partial charge in [-0.2, -0.15) is 4.31 Å². The van der Waals surface area contributed by atoms with E-state index >= 15 is 0 Å². The molecule has 1 aromatic rings. The zero-order chi connectivity index (χ0) is 14.9. The molecule has 3 heterocycles. The number of hydrogen-bond donors (Lipinski definition) is 0. The zero-order valence-corrected chi connectivity index (χ0v) is 14.0. The largest absolute Gasteiger partial charge is 0.378 e. The second-order valence-electron chi connectivity index (χ2n) is 5.97. The summed E-state index contributed by atoms with van der Waals surface area (Å²) >= 11 is 1.78. The summed E-state index contributed by atoms with van der Waals surface area (Å²) in [5.74, 6) is 0. The number of sulfonamides is 1. The maximum atomic E-state index is 12.1. The normalized spacial score (nSPS) is 24.4. The molecule has 0 aromatic carbocycles. The molecule has 3 rings (SSSR count). The standard InChI is InChI=1S/C14H22N2O3S2/c1-21(17,18)16-8-9-19-12-14(16)4-6-15(7-5-14)11-13-3-2-10-20-13/h2-3,10H,4-9,11-12H2,1H3. The molecule has 5 nitrogen and oxygen atoms in total. The summed E-state index contributed by atoms with van der Waals surface area (Å²) in [4.78, 5) is 3.78. The lowest BCUT2D eigenvalue weighted by Crippen LogP contribution is -2.62. The maximum absolute atomic E-state index is 12.1. The van der Waals surface area contributed by atoms with Gasteiger partial charge in [0.2, 0.25) is 10.0 Å². The Bertz CT molecular complexity index is 563. The first kappa shape index (κ1) is 15.4. The molecule has 2 fully saturated rings. The molecule has 2 saturated heterocycles. The first-order valence-electron chi connectivity index (χ1n) is 7.30. The molecule has 0 radical (unpaired) electrons. The molecule has 0 bridgehead atoms. The maximum Gasteiger partial charge on any atom is 0.211 e. The van der Waals surface area contributed by atoms with Crippen LogP contribution in [0, 0.1) is 0 Å². The molecule has 0 aliphatic carbocycles. The summed E-state index contributed by atoms with van der Waals surface area (Å²) in [7, 11) is -3.16. The molecular weight excluding hydrogens is 308 g/mol. The van der Waals surface area contributed by atoms with E-state index in [0.29, 0.717) is 19.8 Å². The lowest BCUT2D eigenvalue weighted by molar-refractivity contribution is -0.0558. The van der Waals surface area contributed by atoms with Gasteiger partial charge in [0.05, 0.1) is 25.0 Å². The van der Waals surface area contributed by atoms with Crippen molar-refractivity contribution in [3.8, 4) is 0 Å². The fourth-order valence-corrected chi connectivity index (χ4v) is 5.47. The molecule has 21 heavy (non-hydrogen) atoms. The summed E-state index contributed by atoms with van der Waals surface area (Å²) in [6, 6.07) is 4.23. The van der Waals surface area contributed by atoms with E-state index in [-0.39, 0.29) is 5.54 Å². The summed E-state index contributed by atoms with van der Waals surface area (Å²) in [6.07, 6.45) is 3.02. The third-order valence-corrected chi connectivity index (χ3v) is 6.72. The number of morpholine rings is 1. The summed E-state index contributed by atoms with van der Waals surface area (Å²) in [5, 5.41) is 2.10. The highest BCUT2D eigenvalue weighted by atomic mass is 32.2. The quantitative estimate of drug-likeness (QED) is 0.840. The fourth-order valence-electron chi connectivity index (χ4n) is 3.38. The number of ether oxygens (including phenoxy) is 1. The van der Waals surface area contributed by atoms with Crippen LogP contribution in [0.15, 0.2) is 17.5 Å². The Labute approximate surface area is 130 Å². The van der Waals surface area contributed by atoms with E-state index in [2.05, 4.69) is 22.4 Å². The van der Waals surface area contributed by atoms with Crippen molar-refractivity contribution in [2.24, 2.45) is 0 Å². The number of rotatable bonds is 3. The SMILES string of the molecule is CS(=O)(=O)N1CCOCC12CCN(Cc1cccs1)CC2. The molecule has 0 saturated carbocycles. The average molecular weight is 330 g/mol. The molecule has 118 valence electrons. The summed E-state index contributed by atoms with van der Waals surface area (Å²) in [6.45, 7) is 4.35. The van der Waals surface area contributed by atoms with Crippen molar-refractivity contribution >= 4 is 21.4 Å². The molecule has 0 N–H and O–H groups in total. The zero-order valence-electron chi connectivity index (χ0n) is 12.3. The number of piperidine rings is 1. The van der Waals surface area contributed by atoms with E-state index in [1.807, 2.05) is 0 Å². The van der Waals surface area contributed by atoms with Crippen molar-refractivity contribution in [3.63, 3.8) is 0 Å². The third-order valence-electron chi connectivity index (χ3n) is 4.49. The van der Waals surface area contributed by atoms with Gasteiger partial charge in [-0.15, -0.1) is 11.3 Å². The Morgan fingerprint density at radius 2 is 2.10 bits per heavy atom. The van der Waals surface area contributed by atoms with Gasteiger partial charge >= 0.3 is 0 Å². The van der Waals surface area contributed by atoms with Crippen LogP contribution in [0.3, 0.4) is 0 Å². The fraction of sp³-hybridized carbons (Fsp3) is 0.714. The van der Waals surface area contributed by atoms with Gasteiger partial charge in [0.25, 0.3) is 0 Å². The van der Waals surface area contributed by atoms with Crippen LogP contribution in [0.1, 0.15) is 17.7 Å². The molecule has 2 aliphatic rings. The van der Waals surface area contributed by atoms with Crippen molar-refractivity contribution in [1.82, 2.24) is 9.21 Å². The second-order valence-corrected chi connectivity index (χ2v) is 8.91. The number of hydrogen-bond acceptors (Lipinski definition) is 5. The van der Waals surface area contributed by atoms with Gasteiger partial charge < -0.3 is 4.74 Å². The van der Waals surface area contributed by atoms with Crippen LogP contribution in [-0.4, -0.2) is 62.3 Å². The van der Waals surface area contributed by atoms with Gasteiger partial charge in [0, 0.05) is 31.1 Å². The van der Waals surface area contributed by atoms with Gasteiger partial charge in [-0.05, 0) is 24.3 Å². The second kappa shape index (κ2) is 5.96. The van der Waals surface area contributed by atoms with Gasteiger partial charge in [-0.1, -0.05) is 6.07 Å². The Morgan fingerprint density at radius 3 is 2.71 bits per heavy atom. The lowest BCUT2D eigenvalue weighted by atomic mass is 9.87.